The van der Waals surface area contributed by atoms with E-state index in [0.717, 1.165) is 56.9 Å². The molecule has 4 atom stereocenters. The number of nitrogens with zero attached hydrogens (tertiary/aromatic N) is 3. The maximum atomic E-state index is 13.8. The smallest absolute Gasteiger partial charge is 0.324 e. The first-order chi connectivity index (χ1) is 20.0. The Labute approximate surface area is 239 Å². The highest BCUT2D eigenvalue weighted by Gasteiger charge is 2.60. The Hall–Kier alpha value is -3.85. The van der Waals surface area contributed by atoms with E-state index in [4.69, 9.17) is 9.72 Å². The Bertz CT molecular complexity index is 1450. The van der Waals surface area contributed by atoms with Crippen LogP contribution in [0.4, 0.5) is 0 Å². The number of carbonyl (C=O) groups is 3. The molecule has 0 radical (unpaired) electrons. The maximum Gasteiger partial charge on any atom is 0.324 e. The second kappa shape index (κ2) is 11.6. The number of para-hydroxylation sites is 2. The first-order valence-corrected chi connectivity index (χ1v) is 14.8. The molecule has 2 saturated heterocycles. The summed E-state index contributed by atoms with van der Waals surface area (Å²) in [4.78, 5) is 50.9. The van der Waals surface area contributed by atoms with Crippen molar-refractivity contribution in [2.45, 2.75) is 75.5 Å². The van der Waals surface area contributed by atoms with Gasteiger partial charge in [-0.1, -0.05) is 81.0 Å². The molecule has 4 unspecified atom stereocenters. The number of hydrogen-bond acceptors (Lipinski definition) is 7. The van der Waals surface area contributed by atoms with Crippen LogP contribution in [-0.2, 0) is 14.4 Å². The van der Waals surface area contributed by atoms with Crippen molar-refractivity contribution >= 4 is 28.7 Å². The lowest BCUT2D eigenvalue weighted by molar-refractivity contribution is -0.141. The number of amides is 1. The third kappa shape index (κ3) is 5.43. The van der Waals surface area contributed by atoms with E-state index in [1.165, 1.54) is 0 Å². The number of aliphatic carboxylic acids is 1. The van der Waals surface area contributed by atoms with Gasteiger partial charge < -0.3 is 14.7 Å². The molecule has 3 fully saturated rings. The van der Waals surface area contributed by atoms with Crippen LogP contribution in [0.15, 0.2) is 54.6 Å². The lowest BCUT2D eigenvalue weighted by Gasteiger charge is -2.25. The van der Waals surface area contributed by atoms with Crippen LogP contribution in [0.5, 0.6) is 5.88 Å². The van der Waals surface area contributed by atoms with Crippen molar-refractivity contribution in [3.8, 4) is 17.1 Å². The normalized spacial score (nSPS) is 27.4. The molecule has 1 aromatic heterocycles. The summed E-state index contributed by atoms with van der Waals surface area (Å²) in [6.45, 7) is 0.511. The number of benzene rings is 2. The number of carbonyl (C=O) groups excluding carboxylic acids is 2. The summed E-state index contributed by atoms with van der Waals surface area (Å²) in [5.74, 6) is -1.50. The van der Waals surface area contributed by atoms with E-state index >= 15 is 0 Å². The molecule has 2 N–H and O–H groups in total. The Balaban J connectivity index is 1.30. The molecule has 1 aliphatic carbocycles. The number of aromatic nitrogens is 2. The number of fused-ring (bicyclic) bond motifs is 3. The van der Waals surface area contributed by atoms with Crippen LogP contribution >= 0.6 is 0 Å². The van der Waals surface area contributed by atoms with E-state index in [2.05, 4.69) is 10.3 Å². The fraction of sp³-hybridized carbons (Fsp3) is 0.469. The van der Waals surface area contributed by atoms with Gasteiger partial charge in [-0.05, 0) is 37.3 Å². The average Bonchev–Trinajstić information content (AvgIpc) is 3.66. The molecule has 3 aromatic rings. The highest BCUT2D eigenvalue weighted by atomic mass is 16.5. The molecule has 0 spiro atoms. The number of ether oxygens (including phenoxy) is 1. The number of rotatable bonds is 4. The van der Waals surface area contributed by atoms with E-state index in [0.29, 0.717) is 29.7 Å². The molecule has 9 nitrogen and oxygen atoms in total. The molecule has 0 bridgehead atoms. The van der Waals surface area contributed by atoms with Crippen molar-refractivity contribution in [1.29, 1.82) is 0 Å². The molecule has 3 aliphatic rings. The molecule has 6 rings (SSSR count). The number of carboxylic acid groups (broad SMARTS) is 1. The maximum absolute atomic E-state index is 13.8. The first-order valence-electron chi connectivity index (χ1n) is 14.8. The standard InChI is InChI=1S/C32H36N4O5/c37-27-25-20-33-32(31(39)40)19-22(32)15-9-4-2-1-3-5-12-18-36(25)30(38)28(27)41-29-26(21-13-7-6-8-14-21)34-23-16-10-11-17-24(23)35-29/h6-8,10-11,13-14,16-17,22,25,28,33H,1-5,9,12,15,18-20H2,(H,39,40). The van der Waals surface area contributed by atoms with Crippen molar-refractivity contribution in [2.75, 3.05) is 13.1 Å². The van der Waals surface area contributed by atoms with Gasteiger partial charge in [0.05, 0.1) is 11.0 Å². The van der Waals surface area contributed by atoms with Crippen LogP contribution in [-0.4, -0.2) is 68.4 Å². The zero-order valence-corrected chi connectivity index (χ0v) is 23.1. The quantitative estimate of drug-likeness (QED) is 0.454. The summed E-state index contributed by atoms with van der Waals surface area (Å²) in [6, 6.07) is 16.0. The van der Waals surface area contributed by atoms with Crippen molar-refractivity contribution in [3.63, 3.8) is 0 Å². The van der Waals surface area contributed by atoms with E-state index < -0.39 is 29.6 Å². The molecular formula is C32H36N4O5. The van der Waals surface area contributed by atoms with E-state index in [1.54, 1.807) is 4.90 Å². The van der Waals surface area contributed by atoms with E-state index in [1.807, 2.05) is 54.6 Å². The minimum atomic E-state index is -1.37. The van der Waals surface area contributed by atoms with Crippen LogP contribution in [0.25, 0.3) is 22.3 Å². The fourth-order valence-electron chi connectivity index (χ4n) is 6.37. The van der Waals surface area contributed by atoms with Crippen molar-refractivity contribution < 1.29 is 24.2 Å². The van der Waals surface area contributed by atoms with Crippen LogP contribution in [0, 0.1) is 5.92 Å². The Morgan fingerprint density at radius 1 is 0.902 bits per heavy atom. The number of hydrogen-bond donors (Lipinski definition) is 2. The van der Waals surface area contributed by atoms with Gasteiger partial charge in [-0.25, -0.2) is 9.97 Å². The molecule has 1 saturated carbocycles. The van der Waals surface area contributed by atoms with Gasteiger partial charge in [-0.15, -0.1) is 0 Å². The number of carboxylic acids is 1. The number of nitrogens with one attached hydrogen (secondary N) is 1. The van der Waals surface area contributed by atoms with Crippen LogP contribution < -0.4 is 10.1 Å². The predicted molar refractivity (Wildman–Crippen MR) is 153 cm³/mol. The van der Waals surface area contributed by atoms with E-state index in [-0.39, 0.29) is 24.1 Å². The molecule has 3 heterocycles. The Morgan fingerprint density at radius 2 is 1.56 bits per heavy atom. The molecule has 2 aliphatic heterocycles. The fourth-order valence-corrected chi connectivity index (χ4v) is 6.37. The van der Waals surface area contributed by atoms with Gasteiger partial charge in [-0.3, -0.25) is 19.7 Å². The molecule has 1 amide bonds. The van der Waals surface area contributed by atoms with Gasteiger partial charge in [-0.2, -0.15) is 0 Å². The molecule has 2 aromatic carbocycles. The predicted octanol–water partition coefficient (Wildman–Crippen LogP) is 4.39. The Morgan fingerprint density at radius 3 is 2.29 bits per heavy atom. The SMILES string of the molecule is O=C1C(Oc2nc3ccccc3nc2-c2ccccc2)C(=O)N2CCCCCCCCCC3CC3(C(=O)O)NCC12. The Kier molecular flexibility index (Phi) is 7.71. The topological polar surface area (TPSA) is 122 Å². The van der Waals surface area contributed by atoms with Gasteiger partial charge in [0.2, 0.25) is 17.8 Å². The second-order valence-electron chi connectivity index (χ2n) is 11.5. The van der Waals surface area contributed by atoms with Gasteiger partial charge in [0.15, 0.2) is 0 Å². The number of ketones is 1. The first kappa shape index (κ1) is 27.3. The van der Waals surface area contributed by atoms with Crippen molar-refractivity contribution in [1.82, 2.24) is 20.2 Å². The third-order valence-electron chi connectivity index (χ3n) is 8.83. The summed E-state index contributed by atoms with van der Waals surface area (Å²) in [5.41, 5.74) is 1.46. The summed E-state index contributed by atoms with van der Waals surface area (Å²) < 4.78 is 6.19. The van der Waals surface area contributed by atoms with Gasteiger partial charge in [0.1, 0.15) is 17.3 Å². The zero-order chi connectivity index (χ0) is 28.4. The van der Waals surface area contributed by atoms with Crippen LogP contribution in [0.2, 0.25) is 0 Å². The second-order valence-corrected chi connectivity index (χ2v) is 11.5. The lowest BCUT2D eigenvalue weighted by atomic mass is 10.0. The van der Waals surface area contributed by atoms with E-state index in [9.17, 15) is 19.5 Å². The van der Waals surface area contributed by atoms with Crippen molar-refractivity contribution in [2.24, 2.45) is 5.92 Å². The number of Topliss-reactive ketones (excluding diaryl/α,β-unsaturated/α-hetero) is 1. The lowest BCUT2D eigenvalue weighted by Crippen LogP contribution is -2.50. The minimum Gasteiger partial charge on any atom is -0.480 e. The molecule has 9 heteroatoms. The van der Waals surface area contributed by atoms with Crippen LogP contribution in [0.3, 0.4) is 0 Å². The van der Waals surface area contributed by atoms with Crippen LogP contribution in [0.1, 0.15) is 57.8 Å². The largest absolute Gasteiger partial charge is 0.480 e. The average molecular weight is 557 g/mol. The molecular weight excluding hydrogens is 520 g/mol. The van der Waals surface area contributed by atoms with Gasteiger partial charge in [0, 0.05) is 18.7 Å². The monoisotopic (exact) mass is 556 g/mol. The van der Waals surface area contributed by atoms with Crippen molar-refractivity contribution in [3.05, 3.63) is 54.6 Å². The molecule has 214 valence electrons. The highest BCUT2D eigenvalue weighted by molar-refractivity contribution is 6.13. The minimum absolute atomic E-state index is 0.0409. The summed E-state index contributed by atoms with van der Waals surface area (Å²) >= 11 is 0. The van der Waals surface area contributed by atoms with Gasteiger partial charge >= 0.3 is 5.97 Å². The summed E-state index contributed by atoms with van der Waals surface area (Å²) in [7, 11) is 0. The zero-order valence-electron chi connectivity index (χ0n) is 23.1. The summed E-state index contributed by atoms with van der Waals surface area (Å²) in [5, 5.41) is 13.3. The summed E-state index contributed by atoms with van der Waals surface area (Å²) in [6.07, 6.45) is 7.25. The van der Waals surface area contributed by atoms with Gasteiger partial charge in [0.25, 0.3) is 5.91 Å². The molecule has 41 heavy (non-hydrogen) atoms. The highest BCUT2D eigenvalue weighted by Crippen LogP contribution is 2.47. The third-order valence-corrected chi connectivity index (χ3v) is 8.83.